The lowest BCUT2D eigenvalue weighted by molar-refractivity contribution is -0.130. The lowest BCUT2D eigenvalue weighted by Crippen LogP contribution is -2.40. The SMILES string of the molecule is Cc1ccc(C2NCC(=O)N2C2CCOC2)c(C)c1. The molecule has 1 aromatic rings. The summed E-state index contributed by atoms with van der Waals surface area (Å²) in [6.07, 6.45) is 0.939. The molecule has 3 rings (SSSR count). The fourth-order valence-electron chi connectivity index (χ4n) is 3.07. The van der Waals surface area contributed by atoms with E-state index in [2.05, 4.69) is 37.4 Å². The lowest BCUT2D eigenvalue weighted by Gasteiger charge is -2.30. The van der Waals surface area contributed by atoms with Gasteiger partial charge in [0.1, 0.15) is 6.17 Å². The van der Waals surface area contributed by atoms with E-state index in [0.717, 1.165) is 13.0 Å². The van der Waals surface area contributed by atoms with Gasteiger partial charge in [-0.2, -0.15) is 0 Å². The highest BCUT2D eigenvalue weighted by Gasteiger charge is 2.38. The maximum absolute atomic E-state index is 12.1. The number of hydrogen-bond acceptors (Lipinski definition) is 3. The summed E-state index contributed by atoms with van der Waals surface area (Å²) < 4.78 is 5.43. The second-order valence-electron chi connectivity index (χ2n) is 5.46. The first kappa shape index (κ1) is 12.6. The summed E-state index contributed by atoms with van der Waals surface area (Å²) in [4.78, 5) is 14.1. The third-order valence-corrected chi connectivity index (χ3v) is 4.03. The first-order valence-electron chi connectivity index (χ1n) is 6.86. The van der Waals surface area contributed by atoms with Crippen LogP contribution in [0.4, 0.5) is 0 Å². The summed E-state index contributed by atoms with van der Waals surface area (Å²) in [6.45, 7) is 6.04. The van der Waals surface area contributed by atoms with Crippen molar-refractivity contribution in [3.05, 3.63) is 34.9 Å². The zero-order valence-corrected chi connectivity index (χ0v) is 11.5. The van der Waals surface area contributed by atoms with Crippen molar-refractivity contribution in [2.75, 3.05) is 19.8 Å². The Morgan fingerprint density at radius 3 is 2.89 bits per heavy atom. The van der Waals surface area contributed by atoms with Gasteiger partial charge in [-0.05, 0) is 31.4 Å². The fourth-order valence-corrected chi connectivity index (χ4v) is 3.07. The molecule has 0 radical (unpaired) electrons. The topological polar surface area (TPSA) is 41.6 Å². The summed E-state index contributed by atoms with van der Waals surface area (Å²) in [5.74, 6) is 0.181. The van der Waals surface area contributed by atoms with Crippen LogP contribution in [0.3, 0.4) is 0 Å². The standard InChI is InChI=1S/C15H20N2O2/c1-10-3-4-13(11(2)7-10)15-16-8-14(18)17(15)12-5-6-19-9-12/h3-4,7,12,15-16H,5-6,8-9H2,1-2H3. The Morgan fingerprint density at radius 1 is 1.37 bits per heavy atom. The molecular weight excluding hydrogens is 240 g/mol. The van der Waals surface area contributed by atoms with Gasteiger partial charge >= 0.3 is 0 Å². The molecule has 0 saturated carbocycles. The second kappa shape index (κ2) is 4.94. The summed E-state index contributed by atoms with van der Waals surface area (Å²) in [7, 11) is 0. The number of carbonyl (C=O) groups excluding carboxylic acids is 1. The predicted octanol–water partition coefficient (Wildman–Crippen LogP) is 1.52. The van der Waals surface area contributed by atoms with Crippen LogP contribution in [0.5, 0.6) is 0 Å². The molecule has 2 heterocycles. The van der Waals surface area contributed by atoms with Crippen LogP contribution >= 0.6 is 0 Å². The molecule has 0 aromatic heterocycles. The minimum atomic E-state index is -0.000185. The van der Waals surface area contributed by atoms with Crippen LogP contribution in [-0.2, 0) is 9.53 Å². The van der Waals surface area contributed by atoms with E-state index in [9.17, 15) is 4.79 Å². The molecule has 1 aromatic carbocycles. The van der Waals surface area contributed by atoms with Gasteiger partial charge in [0, 0.05) is 6.61 Å². The molecule has 4 nitrogen and oxygen atoms in total. The first-order valence-corrected chi connectivity index (χ1v) is 6.86. The molecule has 0 bridgehead atoms. The summed E-state index contributed by atoms with van der Waals surface area (Å²) in [6, 6.07) is 6.62. The highest BCUT2D eigenvalue weighted by atomic mass is 16.5. The monoisotopic (exact) mass is 260 g/mol. The third-order valence-electron chi connectivity index (χ3n) is 4.03. The molecule has 2 saturated heterocycles. The molecule has 2 aliphatic heterocycles. The van der Waals surface area contributed by atoms with Crippen LogP contribution in [0.15, 0.2) is 18.2 Å². The van der Waals surface area contributed by atoms with Crippen LogP contribution in [-0.4, -0.2) is 36.6 Å². The normalized spacial score (nSPS) is 27.3. The molecule has 2 unspecified atom stereocenters. The van der Waals surface area contributed by atoms with E-state index < -0.39 is 0 Å². The lowest BCUT2D eigenvalue weighted by atomic mass is 10.0. The summed E-state index contributed by atoms with van der Waals surface area (Å²) >= 11 is 0. The second-order valence-corrected chi connectivity index (χ2v) is 5.46. The van der Waals surface area contributed by atoms with Crippen LogP contribution in [0.2, 0.25) is 0 Å². The quantitative estimate of drug-likeness (QED) is 0.876. The Balaban J connectivity index is 1.91. The molecule has 4 heteroatoms. The van der Waals surface area contributed by atoms with Crippen molar-refractivity contribution in [3.63, 3.8) is 0 Å². The number of benzene rings is 1. The molecule has 1 N–H and O–H groups in total. The van der Waals surface area contributed by atoms with Crippen molar-refractivity contribution in [2.24, 2.45) is 0 Å². The van der Waals surface area contributed by atoms with E-state index in [-0.39, 0.29) is 18.1 Å². The van der Waals surface area contributed by atoms with Gasteiger partial charge < -0.3 is 9.64 Å². The molecule has 2 aliphatic rings. The maximum atomic E-state index is 12.1. The highest BCUT2D eigenvalue weighted by molar-refractivity contribution is 5.81. The van der Waals surface area contributed by atoms with Gasteiger partial charge in [-0.3, -0.25) is 10.1 Å². The van der Waals surface area contributed by atoms with Gasteiger partial charge in [-0.1, -0.05) is 23.8 Å². The smallest absolute Gasteiger partial charge is 0.238 e. The van der Waals surface area contributed by atoms with Gasteiger partial charge in [0.2, 0.25) is 5.91 Å². The molecule has 0 aliphatic carbocycles. The molecule has 2 fully saturated rings. The molecule has 19 heavy (non-hydrogen) atoms. The summed E-state index contributed by atoms with van der Waals surface area (Å²) in [5, 5.41) is 3.33. The number of amides is 1. The van der Waals surface area contributed by atoms with Crippen molar-refractivity contribution in [3.8, 4) is 0 Å². The molecule has 1 amide bonds. The zero-order chi connectivity index (χ0) is 13.4. The van der Waals surface area contributed by atoms with Gasteiger partial charge in [0.05, 0.1) is 19.2 Å². The number of carbonyl (C=O) groups is 1. The highest BCUT2D eigenvalue weighted by Crippen LogP contribution is 2.30. The van der Waals surface area contributed by atoms with Crippen molar-refractivity contribution in [1.29, 1.82) is 0 Å². The number of nitrogens with one attached hydrogen (secondary N) is 1. The largest absolute Gasteiger partial charge is 0.379 e. The predicted molar refractivity (Wildman–Crippen MR) is 72.7 cm³/mol. The van der Waals surface area contributed by atoms with E-state index in [1.165, 1.54) is 16.7 Å². The van der Waals surface area contributed by atoms with Gasteiger partial charge in [-0.15, -0.1) is 0 Å². The zero-order valence-electron chi connectivity index (χ0n) is 11.5. The van der Waals surface area contributed by atoms with Crippen molar-refractivity contribution < 1.29 is 9.53 Å². The summed E-state index contributed by atoms with van der Waals surface area (Å²) in [5.41, 5.74) is 3.68. The van der Waals surface area contributed by atoms with Crippen LogP contribution in [0.1, 0.15) is 29.3 Å². The van der Waals surface area contributed by atoms with Crippen molar-refractivity contribution >= 4 is 5.91 Å². The van der Waals surface area contributed by atoms with E-state index >= 15 is 0 Å². The van der Waals surface area contributed by atoms with Crippen molar-refractivity contribution in [2.45, 2.75) is 32.5 Å². The molecule has 0 spiro atoms. The average molecular weight is 260 g/mol. The van der Waals surface area contributed by atoms with E-state index in [1.54, 1.807) is 0 Å². The Bertz CT molecular complexity index is 495. The minimum absolute atomic E-state index is 0.000185. The Kier molecular flexibility index (Phi) is 3.29. The van der Waals surface area contributed by atoms with Crippen molar-refractivity contribution in [1.82, 2.24) is 10.2 Å². The van der Waals surface area contributed by atoms with E-state index in [1.807, 2.05) is 4.90 Å². The molecule has 102 valence electrons. The van der Waals surface area contributed by atoms with Crippen LogP contribution < -0.4 is 5.32 Å². The maximum Gasteiger partial charge on any atom is 0.238 e. The molecule has 2 atom stereocenters. The van der Waals surface area contributed by atoms with Crippen LogP contribution in [0.25, 0.3) is 0 Å². The third kappa shape index (κ3) is 2.26. The van der Waals surface area contributed by atoms with Crippen LogP contribution in [0, 0.1) is 13.8 Å². The number of aryl methyl sites for hydroxylation is 2. The van der Waals surface area contributed by atoms with Gasteiger partial charge in [0.25, 0.3) is 0 Å². The number of hydrogen-bond donors (Lipinski definition) is 1. The minimum Gasteiger partial charge on any atom is -0.379 e. The van der Waals surface area contributed by atoms with Gasteiger partial charge in [-0.25, -0.2) is 0 Å². The van der Waals surface area contributed by atoms with E-state index in [4.69, 9.17) is 4.74 Å². The Hall–Kier alpha value is -1.39. The Labute approximate surface area is 113 Å². The fraction of sp³-hybridized carbons (Fsp3) is 0.533. The van der Waals surface area contributed by atoms with Gasteiger partial charge in [0.15, 0.2) is 0 Å². The first-order chi connectivity index (χ1) is 9.16. The number of rotatable bonds is 2. The average Bonchev–Trinajstić information content (AvgIpc) is 2.98. The molecular formula is C15H20N2O2. The number of nitrogens with zero attached hydrogens (tertiary/aromatic N) is 1. The van der Waals surface area contributed by atoms with E-state index in [0.29, 0.717) is 13.2 Å². The number of ether oxygens (including phenoxy) is 1. The Morgan fingerprint density at radius 2 is 2.21 bits per heavy atom.